The number of halogens is 2. The summed E-state index contributed by atoms with van der Waals surface area (Å²) in [5.74, 6) is 1.09. The summed E-state index contributed by atoms with van der Waals surface area (Å²) in [4.78, 5) is 2.47. The van der Waals surface area contributed by atoms with Crippen molar-refractivity contribution in [2.75, 3.05) is 32.8 Å². The van der Waals surface area contributed by atoms with Crippen LogP contribution in [0.5, 0.6) is 5.75 Å². The number of hydrogen-bond acceptors (Lipinski definition) is 3. The topological polar surface area (TPSA) is 38.5 Å². The molecule has 1 aromatic carbocycles. The molecule has 0 aromatic heterocycles. The molecule has 0 aliphatic carbocycles. The van der Waals surface area contributed by atoms with Crippen LogP contribution in [0.15, 0.2) is 24.3 Å². The Labute approximate surface area is 126 Å². The number of piperidine rings is 1. The van der Waals surface area contributed by atoms with Crippen molar-refractivity contribution in [3.8, 4) is 5.75 Å². The first-order valence-electron chi connectivity index (χ1n) is 7.08. The van der Waals surface area contributed by atoms with Gasteiger partial charge in [-0.25, -0.2) is 4.39 Å². The molecule has 0 radical (unpaired) electrons. The maximum absolute atomic E-state index is 12.8. The number of rotatable bonds is 6. The molecule has 1 heterocycles. The highest BCUT2D eigenvalue weighted by Crippen LogP contribution is 2.19. The predicted molar refractivity (Wildman–Crippen MR) is 82.0 cm³/mol. The van der Waals surface area contributed by atoms with Crippen LogP contribution in [0.25, 0.3) is 0 Å². The lowest BCUT2D eigenvalue weighted by atomic mass is 9.99. The van der Waals surface area contributed by atoms with Crippen LogP contribution in [0.1, 0.15) is 19.3 Å². The zero-order valence-electron chi connectivity index (χ0n) is 11.8. The Bertz CT molecular complexity index is 375. The van der Waals surface area contributed by atoms with E-state index in [0.29, 0.717) is 12.5 Å². The Hall–Kier alpha value is -0.840. The molecule has 1 aliphatic heterocycles. The van der Waals surface area contributed by atoms with Crippen LogP contribution in [-0.4, -0.2) is 37.7 Å². The van der Waals surface area contributed by atoms with Gasteiger partial charge >= 0.3 is 0 Å². The number of hydrogen-bond donors (Lipinski definition) is 1. The molecule has 1 saturated heterocycles. The summed E-state index contributed by atoms with van der Waals surface area (Å²) in [6.45, 7) is 4.82. The summed E-state index contributed by atoms with van der Waals surface area (Å²) in [6.07, 6.45) is 3.49. The van der Waals surface area contributed by atoms with Gasteiger partial charge < -0.3 is 15.4 Å². The van der Waals surface area contributed by atoms with Gasteiger partial charge in [0.15, 0.2) is 0 Å². The first kappa shape index (κ1) is 17.2. The van der Waals surface area contributed by atoms with Crippen LogP contribution >= 0.6 is 12.4 Å². The molecule has 0 spiro atoms. The first-order valence-corrected chi connectivity index (χ1v) is 7.08. The lowest BCUT2D eigenvalue weighted by Gasteiger charge is -2.32. The highest BCUT2D eigenvalue weighted by molar-refractivity contribution is 5.85. The van der Waals surface area contributed by atoms with E-state index in [2.05, 4.69) is 4.90 Å². The molecule has 114 valence electrons. The Morgan fingerprint density at radius 3 is 2.75 bits per heavy atom. The minimum atomic E-state index is -0.224. The molecule has 0 amide bonds. The van der Waals surface area contributed by atoms with Crippen molar-refractivity contribution in [2.45, 2.75) is 19.3 Å². The van der Waals surface area contributed by atoms with Crippen molar-refractivity contribution in [2.24, 2.45) is 11.7 Å². The predicted octanol–water partition coefficient (Wildman–Crippen LogP) is 2.69. The van der Waals surface area contributed by atoms with Crippen LogP contribution < -0.4 is 10.5 Å². The van der Waals surface area contributed by atoms with Crippen LogP contribution in [0.2, 0.25) is 0 Å². The van der Waals surface area contributed by atoms with Crippen molar-refractivity contribution in [1.29, 1.82) is 0 Å². The van der Waals surface area contributed by atoms with Gasteiger partial charge in [-0.15, -0.1) is 12.4 Å². The molecule has 0 saturated carbocycles. The van der Waals surface area contributed by atoms with Crippen LogP contribution in [0, 0.1) is 11.7 Å². The molecular weight excluding hydrogens is 279 g/mol. The molecule has 5 heteroatoms. The van der Waals surface area contributed by atoms with E-state index in [1.54, 1.807) is 12.1 Å². The minimum Gasteiger partial charge on any atom is -0.493 e. The van der Waals surface area contributed by atoms with Gasteiger partial charge in [-0.2, -0.15) is 0 Å². The second-order valence-electron chi connectivity index (χ2n) is 5.22. The molecule has 1 fully saturated rings. The third kappa shape index (κ3) is 5.65. The zero-order chi connectivity index (χ0) is 13.5. The number of ether oxygens (including phenoxy) is 1. The molecule has 3 nitrogen and oxygen atoms in total. The van der Waals surface area contributed by atoms with Crippen molar-refractivity contribution in [3.05, 3.63) is 30.1 Å². The van der Waals surface area contributed by atoms with E-state index in [1.165, 1.54) is 31.5 Å². The largest absolute Gasteiger partial charge is 0.493 e. The summed E-state index contributed by atoms with van der Waals surface area (Å²) in [7, 11) is 0. The fraction of sp³-hybridized carbons (Fsp3) is 0.600. The highest BCUT2D eigenvalue weighted by Gasteiger charge is 2.19. The van der Waals surface area contributed by atoms with Crippen molar-refractivity contribution in [3.63, 3.8) is 0 Å². The Morgan fingerprint density at radius 2 is 2.05 bits per heavy atom. The molecule has 1 aromatic rings. The monoisotopic (exact) mass is 302 g/mol. The zero-order valence-corrected chi connectivity index (χ0v) is 12.6. The molecule has 2 rings (SSSR count). The molecular formula is C15H24ClFN2O. The summed E-state index contributed by atoms with van der Waals surface area (Å²) in [5.41, 5.74) is 5.55. The normalized spacial score (nSPS) is 19.4. The Morgan fingerprint density at radius 1 is 1.30 bits per heavy atom. The smallest absolute Gasteiger partial charge is 0.123 e. The van der Waals surface area contributed by atoms with Crippen molar-refractivity contribution >= 4 is 12.4 Å². The molecule has 1 atom stereocenters. The molecule has 1 aliphatic rings. The van der Waals surface area contributed by atoms with Gasteiger partial charge in [0.05, 0.1) is 6.61 Å². The SMILES string of the molecule is Cl.NCCCN1CCCC(COc2ccc(F)cc2)C1. The van der Waals surface area contributed by atoms with Crippen molar-refractivity contribution in [1.82, 2.24) is 4.90 Å². The Kier molecular flexibility index (Phi) is 7.88. The van der Waals surface area contributed by atoms with Gasteiger partial charge in [-0.1, -0.05) is 0 Å². The maximum Gasteiger partial charge on any atom is 0.123 e. The van der Waals surface area contributed by atoms with E-state index in [1.807, 2.05) is 0 Å². The lowest BCUT2D eigenvalue weighted by molar-refractivity contribution is 0.130. The molecule has 2 N–H and O–H groups in total. The average molecular weight is 303 g/mol. The summed E-state index contributed by atoms with van der Waals surface area (Å²) in [5, 5.41) is 0. The molecule has 1 unspecified atom stereocenters. The van der Waals surface area contributed by atoms with E-state index in [0.717, 1.165) is 31.8 Å². The van der Waals surface area contributed by atoms with Gasteiger partial charge in [-0.3, -0.25) is 0 Å². The minimum absolute atomic E-state index is 0. The van der Waals surface area contributed by atoms with E-state index in [9.17, 15) is 4.39 Å². The van der Waals surface area contributed by atoms with Gasteiger partial charge in [0.2, 0.25) is 0 Å². The molecule has 20 heavy (non-hydrogen) atoms. The van der Waals surface area contributed by atoms with Gasteiger partial charge in [0.25, 0.3) is 0 Å². The summed E-state index contributed by atoms with van der Waals surface area (Å²) in [6, 6.07) is 6.24. The average Bonchev–Trinajstić information content (AvgIpc) is 2.45. The van der Waals surface area contributed by atoms with Crippen LogP contribution in [-0.2, 0) is 0 Å². The quantitative estimate of drug-likeness (QED) is 0.878. The fourth-order valence-corrected chi connectivity index (χ4v) is 2.55. The second-order valence-corrected chi connectivity index (χ2v) is 5.22. The fourth-order valence-electron chi connectivity index (χ4n) is 2.55. The number of nitrogens with zero attached hydrogens (tertiary/aromatic N) is 1. The van der Waals surface area contributed by atoms with E-state index in [-0.39, 0.29) is 18.2 Å². The maximum atomic E-state index is 12.8. The Balaban J connectivity index is 0.00000200. The summed E-state index contributed by atoms with van der Waals surface area (Å²) >= 11 is 0. The van der Waals surface area contributed by atoms with E-state index < -0.39 is 0 Å². The lowest BCUT2D eigenvalue weighted by Crippen LogP contribution is -2.38. The van der Waals surface area contributed by atoms with Crippen molar-refractivity contribution < 1.29 is 9.13 Å². The van der Waals surface area contributed by atoms with Gasteiger partial charge in [0, 0.05) is 12.5 Å². The standard InChI is InChI=1S/C15H23FN2O.ClH/c16-14-4-6-15(7-5-14)19-12-13-3-1-9-18(11-13)10-2-8-17;/h4-7,13H,1-3,8-12,17H2;1H. The summed E-state index contributed by atoms with van der Waals surface area (Å²) < 4.78 is 18.5. The van der Waals surface area contributed by atoms with Crippen LogP contribution in [0.3, 0.4) is 0 Å². The first-order chi connectivity index (χ1) is 9.28. The second kappa shape index (κ2) is 9.16. The van der Waals surface area contributed by atoms with E-state index in [4.69, 9.17) is 10.5 Å². The van der Waals surface area contributed by atoms with E-state index >= 15 is 0 Å². The third-order valence-electron chi connectivity index (χ3n) is 3.58. The number of nitrogens with two attached hydrogens (primary N) is 1. The highest BCUT2D eigenvalue weighted by atomic mass is 35.5. The molecule has 0 bridgehead atoms. The number of benzene rings is 1. The number of likely N-dealkylation sites (tertiary alicyclic amines) is 1. The van der Waals surface area contributed by atoms with Crippen LogP contribution in [0.4, 0.5) is 4.39 Å². The van der Waals surface area contributed by atoms with Gasteiger partial charge in [-0.05, 0) is 63.2 Å². The third-order valence-corrected chi connectivity index (χ3v) is 3.58. The van der Waals surface area contributed by atoms with Gasteiger partial charge in [0.1, 0.15) is 11.6 Å².